The highest BCUT2D eigenvalue weighted by Gasteiger charge is 2.56. The van der Waals surface area contributed by atoms with Crippen molar-refractivity contribution in [3.63, 3.8) is 0 Å². The third-order valence-corrected chi connectivity index (χ3v) is 4.66. The molecule has 6 heteroatoms. The van der Waals surface area contributed by atoms with E-state index in [1.165, 1.54) is 23.1 Å². The number of halogens is 1. The number of benzene rings is 1. The van der Waals surface area contributed by atoms with Gasteiger partial charge in [0, 0.05) is 13.0 Å². The van der Waals surface area contributed by atoms with Crippen LogP contribution >= 0.6 is 0 Å². The van der Waals surface area contributed by atoms with E-state index in [2.05, 4.69) is 5.32 Å². The van der Waals surface area contributed by atoms with Crippen LogP contribution in [0.25, 0.3) is 0 Å². The Kier molecular flexibility index (Phi) is 3.64. The van der Waals surface area contributed by atoms with Crippen molar-refractivity contribution >= 4 is 11.8 Å². The third kappa shape index (κ3) is 2.18. The molecule has 0 spiro atoms. The van der Waals surface area contributed by atoms with Crippen LogP contribution in [0.15, 0.2) is 24.3 Å². The molecule has 3 rings (SSSR count). The average molecular weight is 306 g/mol. The second-order valence-corrected chi connectivity index (χ2v) is 5.90. The van der Waals surface area contributed by atoms with Crippen LogP contribution < -0.4 is 5.32 Å². The minimum atomic E-state index is -1.50. The van der Waals surface area contributed by atoms with Crippen LogP contribution in [0.1, 0.15) is 37.8 Å². The highest BCUT2D eigenvalue weighted by atomic mass is 19.1. The Morgan fingerprint density at radius 1 is 1.45 bits per heavy atom. The zero-order valence-corrected chi connectivity index (χ0v) is 12.4. The summed E-state index contributed by atoms with van der Waals surface area (Å²) in [5, 5.41) is 13.8. The molecule has 0 aromatic heterocycles. The van der Waals surface area contributed by atoms with Gasteiger partial charge in [-0.25, -0.2) is 9.18 Å². The minimum absolute atomic E-state index is 0.0959. The zero-order valence-electron chi connectivity index (χ0n) is 12.4. The predicted octanol–water partition coefficient (Wildman–Crippen LogP) is 1.97. The van der Waals surface area contributed by atoms with Crippen molar-refractivity contribution in [3.05, 3.63) is 35.6 Å². The molecule has 1 aromatic rings. The van der Waals surface area contributed by atoms with Gasteiger partial charge in [-0.3, -0.25) is 9.69 Å². The van der Waals surface area contributed by atoms with E-state index in [0.717, 1.165) is 0 Å². The number of hydrogen-bond donors (Lipinski definition) is 2. The molecule has 1 aliphatic carbocycles. The van der Waals surface area contributed by atoms with Gasteiger partial charge in [0.05, 0.1) is 12.0 Å². The summed E-state index contributed by atoms with van der Waals surface area (Å²) in [6.45, 7) is 2.07. The van der Waals surface area contributed by atoms with Crippen molar-refractivity contribution in [1.29, 1.82) is 0 Å². The molecule has 3 atom stereocenters. The molecular formula is C16H19FN2O3. The molecule has 0 bridgehead atoms. The van der Waals surface area contributed by atoms with E-state index in [9.17, 15) is 19.1 Å². The van der Waals surface area contributed by atoms with Crippen LogP contribution in [-0.4, -0.2) is 34.1 Å². The second-order valence-electron chi connectivity index (χ2n) is 5.90. The minimum Gasteiger partial charge on any atom is -0.370 e. The van der Waals surface area contributed by atoms with Gasteiger partial charge in [-0.2, -0.15) is 0 Å². The maximum atomic E-state index is 13.5. The number of nitrogens with zero attached hydrogens (tertiary/aromatic N) is 1. The Hall–Kier alpha value is -1.95. The Labute approximate surface area is 128 Å². The molecule has 2 fully saturated rings. The number of fused-ring (bicyclic) bond motifs is 1. The van der Waals surface area contributed by atoms with Crippen LogP contribution in [0.4, 0.5) is 9.18 Å². The first kappa shape index (κ1) is 15.0. The largest absolute Gasteiger partial charge is 0.370 e. The van der Waals surface area contributed by atoms with Gasteiger partial charge in [0.1, 0.15) is 11.6 Å². The van der Waals surface area contributed by atoms with E-state index in [-0.39, 0.29) is 5.78 Å². The van der Waals surface area contributed by atoms with Crippen molar-refractivity contribution < 1.29 is 19.1 Å². The van der Waals surface area contributed by atoms with E-state index < -0.39 is 29.5 Å². The number of ketones is 1. The van der Waals surface area contributed by atoms with Crippen LogP contribution in [-0.2, 0) is 4.79 Å². The summed E-state index contributed by atoms with van der Waals surface area (Å²) in [6.07, 6.45) is 1.27. The molecule has 22 heavy (non-hydrogen) atoms. The lowest BCUT2D eigenvalue weighted by molar-refractivity contribution is -0.177. The van der Waals surface area contributed by atoms with Gasteiger partial charge in [0.15, 0.2) is 5.72 Å². The van der Waals surface area contributed by atoms with Crippen molar-refractivity contribution in [1.82, 2.24) is 10.2 Å². The first-order valence-corrected chi connectivity index (χ1v) is 7.56. The summed E-state index contributed by atoms with van der Waals surface area (Å²) in [7, 11) is 0. The standard InChI is InChI=1S/C16H19FN2O3/c1-2-19-15(21)18-14(10-5-3-6-11(17)9-10)13-12(20)7-4-8-16(13,19)22/h3,5-6,9,13-14,22H,2,4,7-8H2,1H3,(H,18,21). The average Bonchev–Trinajstić information content (AvgIpc) is 2.46. The number of urea groups is 1. The first-order chi connectivity index (χ1) is 10.5. The molecule has 1 saturated carbocycles. The van der Waals surface area contributed by atoms with Crippen molar-refractivity contribution in [2.75, 3.05) is 6.54 Å². The Balaban J connectivity index is 2.07. The number of hydrogen-bond acceptors (Lipinski definition) is 3. The van der Waals surface area contributed by atoms with Crippen LogP contribution in [0.2, 0.25) is 0 Å². The van der Waals surface area contributed by atoms with E-state index in [1.807, 2.05) is 0 Å². The molecule has 1 aliphatic heterocycles. The Morgan fingerprint density at radius 3 is 2.91 bits per heavy atom. The van der Waals surface area contributed by atoms with Gasteiger partial charge < -0.3 is 10.4 Å². The summed E-state index contributed by atoms with van der Waals surface area (Å²) < 4.78 is 13.5. The smallest absolute Gasteiger partial charge is 0.320 e. The van der Waals surface area contributed by atoms with Crippen LogP contribution in [0.3, 0.4) is 0 Å². The molecule has 1 heterocycles. The monoisotopic (exact) mass is 306 g/mol. The Morgan fingerprint density at radius 2 is 2.23 bits per heavy atom. The second kappa shape index (κ2) is 5.35. The van der Waals surface area contributed by atoms with Gasteiger partial charge in [-0.1, -0.05) is 12.1 Å². The fourth-order valence-electron chi connectivity index (χ4n) is 3.71. The molecular weight excluding hydrogens is 287 g/mol. The van der Waals surface area contributed by atoms with Gasteiger partial charge in [0.2, 0.25) is 0 Å². The molecule has 5 nitrogen and oxygen atoms in total. The van der Waals surface area contributed by atoms with Crippen LogP contribution in [0.5, 0.6) is 0 Å². The van der Waals surface area contributed by atoms with Gasteiger partial charge >= 0.3 is 6.03 Å². The van der Waals surface area contributed by atoms with E-state index in [1.54, 1.807) is 13.0 Å². The maximum absolute atomic E-state index is 13.5. The molecule has 1 aromatic carbocycles. The molecule has 0 radical (unpaired) electrons. The molecule has 2 aliphatic rings. The van der Waals surface area contributed by atoms with Gasteiger partial charge in [-0.05, 0) is 37.5 Å². The number of amides is 2. The number of aliphatic hydroxyl groups is 1. The number of rotatable bonds is 2. The molecule has 2 N–H and O–H groups in total. The van der Waals surface area contributed by atoms with Crippen LogP contribution in [0, 0.1) is 11.7 Å². The van der Waals surface area contributed by atoms with Crippen molar-refractivity contribution in [2.24, 2.45) is 5.92 Å². The molecule has 1 saturated heterocycles. The topological polar surface area (TPSA) is 69.6 Å². The van der Waals surface area contributed by atoms with Crippen molar-refractivity contribution in [2.45, 2.75) is 38.0 Å². The Bertz CT molecular complexity index is 619. The SMILES string of the molecule is CCN1C(=O)NC(c2cccc(F)c2)C2C(=O)CCCC21O. The summed E-state index contributed by atoms with van der Waals surface area (Å²) in [4.78, 5) is 26.1. The lowest BCUT2D eigenvalue weighted by atomic mass is 9.72. The molecule has 3 unspecified atom stereocenters. The van der Waals surface area contributed by atoms with E-state index in [4.69, 9.17) is 0 Å². The summed E-state index contributed by atoms with van der Waals surface area (Å²) >= 11 is 0. The van der Waals surface area contributed by atoms with E-state index in [0.29, 0.717) is 31.4 Å². The number of nitrogens with one attached hydrogen (secondary N) is 1. The highest BCUT2D eigenvalue weighted by Crippen LogP contribution is 2.44. The number of carbonyl (C=O) groups excluding carboxylic acids is 2. The fraction of sp³-hybridized carbons (Fsp3) is 0.500. The van der Waals surface area contributed by atoms with Gasteiger partial charge in [-0.15, -0.1) is 0 Å². The normalized spacial score (nSPS) is 31.7. The highest BCUT2D eigenvalue weighted by molar-refractivity contribution is 5.88. The summed E-state index contributed by atoms with van der Waals surface area (Å²) in [5.74, 6) is -1.31. The number of Topliss-reactive ketones (excluding diaryl/α,β-unsaturated/α-hetero) is 1. The predicted molar refractivity (Wildman–Crippen MR) is 77.4 cm³/mol. The first-order valence-electron chi connectivity index (χ1n) is 7.56. The zero-order chi connectivity index (χ0) is 15.9. The lowest BCUT2D eigenvalue weighted by Gasteiger charge is -2.52. The third-order valence-electron chi connectivity index (χ3n) is 4.66. The fourth-order valence-corrected chi connectivity index (χ4v) is 3.71. The lowest BCUT2D eigenvalue weighted by Crippen LogP contribution is -2.69. The van der Waals surface area contributed by atoms with Gasteiger partial charge in [0.25, 0.3) is 0 Å². The van der Waals surface area contributed by atoms with Crippen molar-refractivity contribution in [3.8, 4) is 0 Å². The quantitative estimate of drug-likeness (QED) is 0.877. The summed E-state index contributed by atoms with van der Waals surface area (Å²) in [6, 6.07) is 4.68. The molecule has 2 amide bonds. The summed E-state index contributed by atoms with van der Waals surface area (Å²) in [5.41, 5.74) is -0.994. The maximum Gasteiger partial charge on any atom is 0.320 e. The van der Waals surface area contributed by atoms with E-state index >= 15 is 0 Å². The molecule has 118 valence electrons. The number of carbonyl (C=O) groups is 2.